The fourth-order valence-corrected chi connectivity index (χ4v) is 3.71. The Hall–Kier alpha value is -3.46. The summed E-state index contributed by atoms with van der Waals surface area (Å²) in [4.78, 5) is 29.8. The minimum Gasteiger partial charge on any atom is -0.358 e. The predicted molar refractivity (Wildman–Crippen MR) is 106 cm³/mol. The van der Waals surface area contributed by atoms with Crippen molar-refractivity contribution in [2.75, 3.05) is 23.8 Å². The number of likely N-dealkylation sites (N-methyl/N-ethyl adjacent to an activating group) is 1. The quantitative estimate of drug-likeness (QED) is 0.422. The molecule has 27 heavy (non-hydrogen) atoms. The first-order valence-corrected chi connectivity index (χ1v) is 9.01. The van der Waals surface area contributed by atoms with Crippen LogP contribution in [0.25, 0.3) is 15.7 Å². The van der Waals surface area contributed by atoms with E-state index < -0.39 is 4.92 Å². The normalized spacial score (nSPS) is 11.0. The first-order chi connectivity index (χ1) is 13.0. The summed E-state index contributed by atoms with van der Waals surface area (Å²) < 4.78 is 1.42. The van der Waals surface area contributed by atoms with Gasteiger partial charge in [-0.25, -0.2) is 0 Å². The molecule has 0 bridgehead atoms. The minimum atomic E-state index is -0.485. The highest BCUT2D eigenvalue weighted by atomic mass is 32.1. The van der Waals surface area contributed by atoms with Crippen LogP contribution in [0.5, 0.6) is 0 Å². The number of aromatic nitrogens is 2. The average molecular weight is 381 g/mol. The number of nitrogens with zero attached hydrogens (tertiary/aromatic N) is 4. The number of fused-ring (bicyclic) bond motifs is 2. The second kappa shape index (κ2) is 6.69. The van der Waals surface area contributed by atoms with Crippen molar-refractivity contribution in [1.82, 2.24) is 9.38 Å². The number of carbonyl (C=O) groups excluding carboxylic acids is 1. The highest BCUT2D eigenvalue weighted by Crippen LogP contribution is 2.30. The Morgan fingerprint density at radius 1 is 1.30 bits per heavy atom. The van der Waals surface area contributed by atoms with Crippen LogP contribution in [0, 0.1) is 10.1 Å². The van der Waals surface area contributed by atoms with E-state index in [9.17, 15) is 14.9 Å². The summed E-state index contributed by atoms with van der Waals surface area (Å²) in [5.41, 5.74) is 0.701. The molecule has 0 saturated heterocycles. The number of imidazole rings is 1. The van der Waals surface area contributed by atoms with Gasteiger partial charge in [0.15, 0.2) is 0 Å². The predicted octanol–water partition coefficient (Wildman–Crippen LogP) is 3.53. The maximum absolute atomic E-state index is 12.5. The Bertz CT molecular complexity index is 1160. The number of hydrogen-bond donors (Lipinski definition) is 1. The average Bonchev–Trinajstić information content (AvgIpc) is 3.22. The van der Waals surface area contributed by atoms with Crippen molar-refractivity contribution in [2.24, 2.45) is 0 Å². The minimum absolute atomic E-state index is 0.0606. The summed E-state index contributed by atoms with van der Waals surface area (Å²) in [5.74, 6) is -0.258. The zero-order valence-electron chi connectivity index (χ0n) is 14.3. The van der Waals surface area contributed by atoms with Gasteiger partial charge in [0.1, 0.15) is 6.20 Å². The molecule has 2 heterocycles. The van der Waals surface area contributed by atoms with Crippen molar-refractivity contribution in [3.8, 4) is 0 Å². The molecule has 2 aromatic heterocycles. The number of benzene rings is 2. The molecule has 4 aromatic rings. The highest BCUT2D eigenvalue weighted by Gasteiger charge is 2.27. The molecule has 4 rings (SSSR count). The lowest BCUT2D eigenvalue weighted by molar-refractivity contribution is -0.389. The van der Waals surface area contributed by atoms with Crippen molar-refractivity contribution >= 4 is 50.3 Å². The van der Waals surface area contributed by atoms with Crippen molar-refractivity contribution in [1.29, 1.82) is 0 Å². The fraction of sp³-hybridized carbons (Fsp3) is 0.111. The molecule has 0 aliphatic heterocycles. The number of rotatable bonds is 5. The fourth-order valence-electron chi connectivity index (χ4n) is 3.00. The summed E-state index contributed by atoms with van der Waals surface area (Å²) in [6.45, 7) is -0.0606. The smallest absolute Gasteiger partial charge is 0.358 e. The standard InChI is InChI=1S/C18H15N5O3S/c1-21(16-17(23(25)26)22-9-10-27-18(22)20-16)11-15(24)19-14-8-4-6-12-5-2-3-7-13(12)14/h2-10H,11H2,1H3,(H,19,24). The number of anilines is 2. The van der Waals surface area contributed by atoms with E-state index >= 15 is 0 Å². The summed E-state index contributed by atoms with van der Waals surface area (Å²) in [7, 11) is 1.61. The van der Waals surface area contributed by atoms with Gasteiger partial charge in [-0.1, -0.05) is 47.7 Å². The molecule has 1 N–H and O–H groups in total. The van der Waals surface area contributed by atoms with Gasteiger partial charge in [-0.3, -0.25) is 4.79 Å². The summed E-state index contributed by atoms with van der Waals surface area (Å²) >= 11 is 1.30. The van der Waals surface area contributed by atoms with Crippen LogP contribution in [-0.4, -0.2) is 33.8 Å². The van der Waals surface area contributed by atoms with E-state index in [1.165, 1.54) is 20.6 Å². The number of carbonyl (C=O) groups is 1. The Labute approximate surface area is 157 Å². The summed E-state index contributed by atoms with van der Waals surface area (Å²) in [6.07, 6.45) is 1.60. The van der Waals surface area contributed by atoms with Crippen LogP contribution in [0.3, 0.4) is 0 Å². The maximum Gasteiger partial charge on any atom is 0.373 e. The summed E-state index contributed by atoms with van der Waals surface area (Å²) in [5, 5.41) is 18.0. The van der Waals surface area contributed by atoms with Crippen LogP contribution in [0.2, 0.25) is 0 Å². The van der Waals surface area contributed by atoms with Crippen molar-refractivity contribution in [3.05, 3.63) is 64.2 Å². The number of amides is 1. The SMILES string of the molecule is CN(CC(=O)Nc1cccc2ccccc12)c1nc2sccn2c1[N+](=O)[O-]. The van der Waals surface area contributed by atoms with E-state index in [1.54, 1.807) is 18.6 Å². The molecule has 0 aliphatic carbocycles. The van der Waals surface area contributed by atoms with Gasteiger partial charge in [0.25, 0.3) is 4.96 Å². The Morgan fingerprint density at radius 3 is 2.89 bits per heavy atom. The van der Waals surface area contributed by atoms with E-state index in [1.807, 2.05) is 42.5 Å². The molecule has 0 spiro atoms. The second-order valence-corrected chi connectivity index (χ2v) is 6.88. The van der Waals surface area contributed by atoms with Gasteiger partial charge in [0, 0.05) is 23.5 Å². The van der Waals surface area contributed by atoms with E-state index in [2.05, 4.69) is 10.3 Å². The van der Waals surface area contributed by atoms with Crippen LogP contribution < -0.4 is 10.2 Å². The molecule has 9 heteroatoms. The van der Waals surface area contributed by atoms with Crippen LogP contribution in [0.4, 0.5) is 17.3 Å². The molecular weight excluding hydrogens is 366 g/mol. The lowest BCUT2D eigenvalue weighted by atomic mass is 10.1. The van der Waals surface area contributed by atoms with Gasteiger partial charge in [0.2, 0.25) is 11.7 Å². The molecule has 0 atom stereocenters. The first-order valence-electron chi connectivity index (χ1n) is 8.13. The zero-order chi connectivity index (χ0) is 19.0. The molecule has 0 saturated carbocycles. The van der Waals surface area contributed by atoms with E-state index in [0.29, 0.717) is 10.6 Å². The van der Waals surface area contributed by atoms with Crippen LogP contribution in [0.1, 0.15) is 0 Å². The lowest BCUT2D eigenvalue weighted by Gasteiger charge is -2.16. The van der Waals surface area contributed by atoms with Crippen molar-refractivity contribution < 1.29 is 9.72 Å². The third kappa shape index (κ3) is 3.08. The number of thiazole rings is 1. The zero-order valence-corrected chi connectivity index (χ0v) is 15.1. The molecule has 136 valence electrons. The summed E-state index contributed by atoms with van der Waals surface area (Å²) in [6, 6.07) is 13.4. The van der Waals surface area contributed by atoms with Gasteiger partial charge in [-0.15, -0.1) is 0 Å². The molecule has 2 aromatic carbocycles. The van der Waals surface area contributed by atoms with Gasteiger partial charge < -0.3 is 20.3 Å². The highest BCUT2D eigenvalue weighted by molar-refractivity contribution is 7.15. The second-order valence-electron chi connectivity index (χ2n) is 6.00. The van der Waals surface area contributed by atoms with E-state index in [4.69, 9.17) is 0 Å². The maximum atomic E-state index is 12.5. The van der Waals surface area contributed by atoms with Gasteiger partial charge in [-0.05, 0) is 16.4 Å². The molecule has 0 radical (unpaired) electrons. The number of nitro groups is 1. The van der Waals surface area contributed by atoms with Crippen LogP contribution in [0.15, 0.2) is 54.0 Å². The third-order valence-electron chi connectivity index (χ3n) is 4.20. The Balaban J connectivity index is 1.57. The number of nitrogens with one attached hydrogen (secondary N) is 1. The number of hydrogen-bond acceptors (Lipinski definition) is 6. The Morgan fingerprint density at radius 2 is 2.07 bits per heavy atom. The van der Waals surface area contributed by atoms with E-state index in [0.717, 1.165) is 10.8 Å². The lowest BCUT2D eigenvalue weighted by Crippen LogP contribution is -2.30. The largest absolute Gasteiger partial charge is 0.373 e. The van der Waals surface area contributed by atoms with Gasteiger partial charge in [-0.2, -0.15) is 9.38 Å². The monoisotopic (exact) mass is 381 g/mol. The topological polar surface area (TPSA) is 92.8 Å². The Kier molecular flexibility index (Phi) is 4.21. The molecule has 0 aliphatic rings. The molecule has 8 nitrogen and oxygen atoms in total. The molecule has 0 unspecified atom stereocenters. The first kappa shape index (κ1) is 17.0. The molecule has 0 fully saturated rings. The van der Waals surface area contributed by atoms with Crippen molar-refractivity contribution in [3.63, 3.8) is 0 Å². The van der Waals surface area contributed by atoms with Gasteiger partial charge >= 0.3 is 5.82 Å². The van der Waals surface area contributed by atoms with Crippen LogP contribution >= 0.6 is 11.3 Å². The van der Waals surface area contributed by atoms with Crippen LogP contribution in [-0.2, 0) is 4.79 Å². The van der Waals surface area contributed by atoms with Gasteiger partial charge in [0.05, 0.1) is 6.54 Å². The molecular formula is C18H15N5O3S. The van der Waals surface area contributed by atoms with E-state index in [-0.39, 0.29) is 24.1 Å². The van der Waals surface area contributed by atoms with Crippen molar-refractivity contribution in [2.45, 2.75) is 0 Å². The third-order valence-corrected chi connectivity index (χ3v) is 4.95. The molecule has 1 amide bonds.